The molecule has 0 aliphatic carbocycles. The van der Waals surface area contributed by atoms with Crippen molar-refractivity contribution in [2.75, 3.05) is 24.5 Å². The first-order chi connectivity index (χ1) is 9.64. The van der Waals surface area contributed by atoms with Gasteiger partial charge in [0.05, 0.1) is 0 Å². The number of halogens is 1. The lowest BCUT2D eigenvalue weighted by Crippen LogP contribution is -2.27. The molecule has 1 heterocycles. The molecule has 1 aromatic carbocycles. The molecule has 2 rings (SSSR count). The second-order valence-corrected chi connectivity index (χ2v) is 6.37. The highest BCUT2D eigenvalue weighted by Crippen LogP contribution is 2.40. The molecule has 1 N–H and O–H groups in total. The van der Waals surface area contributed by atoms with Crippen LogP contribution in [0.15, 0.2) is 18.2 Å². The first-order valence-corrected chi connectivity index (χ1v) is 8.26. The number of rotatable bonds is 6. The SMILES string of the molecule is CCNCc1ccc(Cl)cc1N1CCC(CC)(CC)C1. The molecule has 112 valence electrons. The van der Waals surface area contributed by atoms with Gasteiger partial charge in [0.1, 0.15) is 0 Å². The van der Waals surface area contributed by atoms with Crippen molar-refractivity contribution in [1.29, 1.82) is 0 Å². The highest BCUT2D eigenvalue weighted by molar-refractivity contribution is 6.30. The summed E-state index contributed by atoms with van der Waals surface area (Å²) < 4.78 is 0. The maximum absolute atomic E-state index is 6.22. The largest absolute Gasteiger partial charge is 0.371 e. The van der Waals surface area contributed by atoms with E-state index < -0.39 is 0 Å². The van der Waals surface area contributed by atoms with Gasteiger partial charge in [-0.05, 0) is 48.9 Å². The smallest absolute Gasteiger partial charge is 0.0426 e. The number of hydrogen-bond acceptors (Lipinski definition) is 2. The molecule has 1 aliphatic rings. The van der Waals surface area contributed by atoms with Crippen molar-refractivity contribution in [1.82, 2.24) is 5.32 Å². The van der Waals surface area contributed by atoms with Crippen LogP contribution >= 0.6 is 11.6 Å². The number of benzene rings is 1. The standard InChI is InChI=1S/C17H27ClN2/c1-4-17(5-2)9-10-20(13-17)16-11-15(18)8-7-14(16)12-19-6-3/h7-8,11,19H,4-6,9-10,12-13H2,1-3H3. The van der Waals surface area contributed by atoms with Gasteiger partial charge in [-0.15, -0.1) is 0 Å². The molecular weight excluding hydrogens is 268 g/mol. The van der Waals surface area contributed by atoms with Crippen LogP contribution < -0.4 is 10.2 Å². The summed E-state index contributed by atoms with van der Waals surface area (Å²) in [4.78, 5) is 2.53. The van der Waals surface area contributed by atoms with Gasteiger partial charge in [-0.25, -0.2) is 0 Å². The molecule has 0 amide bonds. The van der Waals surface area contributed by atoms with Crippen LogP contribution in [-0.4, -0.2) is 19.6 Å². The average molecular weight is 295 g/mol. The van der Waals surface area contributed by atoms with E-state index in [0.29, 0.717) is 5.41 Å². The van der Waals surface area contributed by atoms with Crippen molar-refractivity contribution in [3.63, 3.8) is 0 Å². The Bertz CT molecular complexity index is 441. The lowest BCUT2D eigenvalue weighted by molar-refractivity contribution is 0.301. The predicted molar refractivity (Wildman–Crippen MR) is 88.7 cm³/mol. The Kier molecular flexibility index (Phi) is 5.34. The molecule has 0 unspecified atom stereocenters. The molecule has 0 aromatic heterocycles. The minimum absolute atomic E-state index is 0.498. The fourth-order valence-electron chi connectivity index (χ4n) is 3.21. The number of anilines is 1. The molecule has 3 heteroatoms. The van der Waals surface area contributed by atoms with Gasteiger partial charge in [0.25, 0.3) is 0 Å². The van der Waals surface area contributed by atoms with Crippen molar-refractivity contribution >= 4 is 17.3 Å². The lowest BCUT2D eigenvalue weighted by Gasteiger charge is -2.28. The normalized spacial score (nSPS) is 17.7. The highest BCUT2D eigenvalue weighted by atomic mass is 35.5. The summed E-state index contributed by atoms with van der Waals surface area (Å²) in [5.41, 5.74) is 3.18. The Morgan fingerprint density at radius 2 is 2.00 bits per heavy atom. The summed E-state index contributed by atoms with van der Waals surface area (Å²) in [5, 5.41) is 4.27. The van der Waals surface area contributed by atoms with Gasteiger partial charge in [0.2, 0.25) is 0 Å². The molecule has 0 atom stereocenters. The van der Waals surface area contributed by atoms with Crippen LogP contribution in [0.25, 0.3) is 0 Å². The summed E-state index contributed by atoms with van der Waals surface area (Å²) in [6, 6.07) is 6.30. The van der Waals surface area contributed by atoms with Crippen molar-refractivity contribution in [2.24, 2.45) is 5.41 Å². The summed E-state index contributed by atoms with van der Waals surface area (Å²) >= 11 is 6.22. The van der Waals surface area contributed by atoms with Crippen LogP contribution in [0.1, 0.15) is 45.6 Å². The van der Waals surface area contributed by atoms with Gasteiger partial charge in [0, 0.05) is 30.3 Å². The lowest BCUT2D eigenvalue weighted by atomic mass is 9.82. The fourth-order valence-corrected chi connectivity index (χ4v) is 3.37. The molecule has 1 fully saturated rings. The first kappa shape index (κ1) is 15.7. The molecule has 1 aromatic rings. The Morgan fingerprint density at radius 3 is 2.60 bits per heavy atom. The van der Waals surface area contributed by atoms with Crippen molar-refractivity contribution in [2.45, 2.75) is 46.6 Å². The molecule has 1 saturated heterocycles. The van der Waals surface area contributed by atoms with Crippen molar-refractivity contribution in [3.05, 3.63) is 28.8 Å². The summed E-state index contributed by atoms with van der Waals surface area (Å²) in [6.07, 6.45) is 3.83. The Hall–Kier alpha value is -0.730. The second-order valence-electron chi connectivity index (χ2n) is 5.93. The van der Waals surface area contributed by atoms with Gasteiger partial charge in [-0.3, -0.25) is 0 Å². The van der Waals surface area contributed by atoms with E-state index in [4.69, 9.17) is 11.6 Å². The van der Waals surface area contributed by atoms with Gasteiger partial charge in [0.15, 0.2) is 0 Å². The number of hydrogen-bond donors (Lipinski definition) is 1. The van der Waals surface area contributed by atoms with E-state index in [-0.39, 0.29) is 0 Å². The Morgan fingerprint density at radius 1 is 1.25 bits per heavy atom. The average Bonchev–Trinajstić information content (AvgIpc) is 2.91. The van der Waals surface area contributed by atoms with Crippen LogP contribution in [0.5, 0.6) is 0 Å². The zero-order chi connectivity index (χ0) is 14.6. The predicted octanol–water partition coefficient (Wildman–Crippen LogP) is 4.47. The van der Waals surface area contributed by atoms with E-state index in [2.05, 4.69) is 43.1 Å². The quantitative estimate of drug-likeness (QED) is 0.833. The maximum atomic E-state index is 6.22. The number of nitrogens with one attached hydrogen (secondary N) is 1. The first-order valence-electron chi connectivity index (χ1n) is 7.88. The minimum Gasteiger partial charge on any atom is -0.371 e. The van der Waals surface area contributed by atoms with Crippen LogP contribution in [-0.2, 0) is 6.54 Å². The van der Waals surface area contributed by atoms with Crippen LogP contribution in [0.2, 0.25) is 5.02 Å². The van der Waals surface area contributed by atoms with Crippen molar-refractivity contribution < 1.29 is 0 Å². The summed E-state index contributed by atoms with van der Waals surface area (Å²) in [5.74, 6) is 0. The third-order valence-electron chi connectivity index (χ3n) is 4.89. The summed E-state index contributed by atoms with van der Waals surface area (Å²) in [6.45, 7) is 11.0. The monoisotopic (exact) mass is 294 g/mol. The van der Waals surface area contributed by atoms with Crippen LogP contribution in [0.4, 0.5) is 5.69 Å². The molecule has 0 spiro atoms. The third kappa shape index (κ3) is 3.29. The second kappa shape index (κ2) is 6.82. The molecule has 0 radical (unpaired) electrons. The maximum Gasteiger partial charge on any atom is 0.0426 e. The number of nitrogens with zero attached hydrogens (tertiary/aromatic N) is 1. The molecule has 0 saturated carbocycles. The van der Waals surface area contributed by atoms with Gasteiger partial charge >= 0.3 is 0 Å². The molecule has 2 nitrogen and oxygen atoms in total. The van der Waals surface area contributed by atoms with E-state index >= 15 is 0 Å². The fraction of sp³-hybridized carbons (Fsp3) is 0.647. The molecular formula is C17H27ClN2. The van der Waals surface area contributed by atoms with Crippen molar-refractivity contribution in [3.8, 4) is 0 Å². The zero-order valence-electron chi connectivity index (χ0n) is 13.0. The van der Waals surface area contributed by atoms with E-state index in [1.165, 1.54) is 37.1 Å². The summed E-state index contributed by atoms with van der Waals surface area (Å²) in [7, 11) is 0. The minimum atomic E-state index is 0.498. The molecule has 20 heavy (non-hydrogen) atoms. The van der Waals surface area contributed by atoms with E-state index in [9.17, 15) is 0 Å². The topological polar surface area (TPSA) is 15.3 Å². The Balaban J connectivity index is 2.21. The van der Waals surface area contributed by atoms with E-state index in [1.54, 1.807) is 0 Å². The van der Waals surface area contributed by atoms with Crippen LogP contribution in [0, 0.1) is 5.41 Å². The van der Waals surface area contributed by atoms with E-state index in [0.717, 1.165) is 24.7 Å². The van der Waals surface area contributed by atoms with Gasteiger partial charge in [-0.2, -0.15) is 0 Å². The Labute approximate surface area is 128 Å². The van der Waals surface area contributed by atoms with Gasteiger partial charge < -0.3 is 10.2 Å². The molecule has 1 aliphatic heterocycles. The molecule has 0 bridgehead atoms. The third-order valence-corrected chi connectivity index (χ3v) is 5.13. The zero-order valence-corrected chi connectivity index (χ0v) is 13.8. The van der Waals surface area contributed by atoms with Crippen LogP contribution in [0.3, 0.4) is 0 Å². The van der Waals surface area contributed by atoms with E-state index in [1.807, 2.05) is 6.07 Å². The highest BCUT2D eigenvalue weighted by Gasteiger charge is 2.35. The van der Waals surface area contributed by atoms with Gasteiger partial charge in [-0.1, -0.05) is 38.4 Å².